The normalized spacial score (nSPS) is 23.1. The van der Waals surface area contributed by atoms with E-state index in [0.29, 0.717) is 41.1 Å². The molecule has 5 nitrogen and oxygen atoms in total. The third-order valence-electron chi connectivity index (χ3n) is 5.43. The van der Waals surface area contributed by atoms with Gasteiger partial charge in [0, 0.05) is 35.9 Å². The highest BCUT2D eigenvalue weighted by molar-refractivity contribution is 8.13. The standard InChI is InChI=1S/C23H26FN3O2S/c1-15(2)12-29-18-8-9-20(24)19(10-18)23-14-25-11-17(23)13-30-22(27-23)26-21(28)16-6-4-3-5-7-16/h3-10,15,17,25H,11-14H2,1-2H3,(H,26,27,28)/t17-,23-/m0/s1. The minimum atomic E-state index is -0.758. The number of thioether (sulfide) groups is 1. The monoisotopic (exact) mass is 427 g/mol. The Morgan fingerprint density at radius 1 is 1.33 bits per heavy atom. The van der Waals surface area contributed by atoms with Crippen LogP contribution in [0.1, 0.15) is 29.8 Å². The predicted molar refractivity (Wildman–Crippen MR) is 119 cm³/mol. The number of amidine groups is 1. The molecule has 1 saturated heterocycles. The van der Waals surface area contributed by atoms with Crippen LogP contribution >= 0.6 is 11.8 Å². The Balaban J connectivity index is 1.65. The average Bonchev–Trinajstić information content (AvgIpc) is 3.17. The first-order valence-electron chi connectivity index (χ1n) is 10.2. The average molecular weight is 428 g/mol. The van der Waals surface area contributed by atoms with Crippen molar-refractivity contribution in [3.8, 4) is 5.75 Å². The van der Waals surface area contributed by atoms with Gasteiger partial charge in [-0.25, -0.2) is 9.38 Å². The van der Waals surface area contributed by atoms with E-state index in [1.807, 2.05) is 18.2 Å². The molecule has 2 aliphatic heterocycles. The number of carbonyl (C=O) groups excluding carboxylic acids is 1. The molecule has 0 spiro atoms. The molecule has 2 aromatic carbocycles. The summed E-state index contributed by atoms with van der Waals surface area (Å²) in [7, 11) is 0. The van der Waals surface area contributed by atoms with Gasteiger partial charge < -0.3 is 15.4 Å². The van der Waals surface area contributed by atoms with E-state index in [1.54, 1.807) is 24.3 Å². The Labute approximate surface area is 180 Å². The van der Waals surface area contributed by atoms with Crippen molar-refractivity contribution in [2.45, 2.75) is 19.4 Å². The van der Waals surface area contributed by atoms with Crippen molar-refractivity contribution in [2.75, 3.05) is 25.4 Å². The summed E-state index contributed by atoms with van der Waals surface area (Å²) in [5, 5.41) is 6.80. The van der Waals surface area contributed by atoms with E-state index in [4.69, 9.17) is 9.73 Å². The fourth-order valence-electron chi connectivity index (χ4n) is 3.86. The van der Waals surface area contributed by atoms with Gasteiger partial charge >= 0.3 is 0 Å². The van der Waals surface area contributed by atoms with Crippen LogP contribution in [-0.2, 0) is 5.54 Å². The van der Waals surface area contributed by atoms with E-state index in [0.717, 1.165) is 12.3 Å². The maximum atomic E-state index is 15.0. The molecule has 0 radical (unpaired) electrons. The molecule has 30 heavy (non-hydrogen) atoms. The van der Waals surface area contributed by atoms with Crippen LogP contribution in [-0.4, -0.2) is 36.5 Å². The molecule has 2 aromatic rings. The van der Waals surface area contributed by atoms with Crippen LogP contribution in [0.5, 0.6) is 5.75 Å². The van der Waals surface area contributed by atoms with Crippen molar-refractivity contribution >= 4 is 22.8 Å². The predicted octanol–water partition coefficient (Wildman–Crippen LogP) is 3.81. The fourth-order valence-corrected chi connectivity index (χ4v) is 5.00. The van der Waals surface area contributed by atoms with Crippen LogP contribution in [0.25, 0.3) is 0 Å². The molecule has 7 heteroatoms. The van der Waals surface area contributed by atoms with Gasteiger partial charge in [0.1, 0.15) is 17.1 Å². The number of hydrogen-bond donors (Lipinski definition) is 2. The lowest BCUT2D eigenvalue weighted by atomic mass is 9.81. The first kappa shape index (κ1) is 20.9. The maximum absolute atomic E-state index is 15.0. The number of benzene rings is 2. The number of carbonyl (C=O) groups is 1. The molecule has 2 N–H and O–H groups in total. The van der Waals surface area contributed by atoms with Crippen LogP contribution in [0, 0.1) is 17.7 Å². The van der Waals surface area contributed by atoms with Gasteiger partial charge in [-0.15, -0.1) is 0 Å². The lowest BCUT2D eigenvalue weighted by Crippen LogP contribution is -2.43. The van der Waals surface area contributed by atoms with Gasteiger partial charge in [0.25, 0.3) is 5.91 Å². The van der Waals surface area contributed by atoms with Crippen LogP contribution < -0.4 is 15.4 Å². The minimum absolute atomic E-state index is 0.134. The zero-order valence-corrected chi connectivity index (χ0v) is 18.0. The summed E-state index contributed by atoms with van der Waals surface area (Å²) in [6.45, 7) is 5.99. The third-order valence-corrected chi connectivity index (χ3v) is 6.46. The number of nitrogens with zero attached hydrogens (tertiary/aromatic N) is 1. The fraction of sp³-hybridized carbons (Fsp3) is 0.391. The number of fused-ring (bicyclic) bond motifs is 1. The van der Waals surface area contributed by atoms with Gasteiger partial charge in [-0.1, -0.05) is 43.8 Å². The second kappa shape index (κ2) is 8.78. The van der Waals surface area contributed by atoms with Crippen molar-refractivity contribution in [1.29, 1.82) is 0 Å². The molecule has 0 aromatic heterocycles. The molecule has 2 heterocycles. The topological polar surface area (TPSA) is 62.7 Å². The van der Waals surface area contributed by atoms with Crippen molar-refractivity contribution < 1.29 is 13.9 Å². The van der Waals surface area contributed by atoms with Gasteiger partial charge in [-0.05, 0) is 36.2 Å². The van der Waals surface area contributed by atoms with Gasteiger partial charge in [0.15, 0.2) is 5.17 Å². The summed E-state index contributed by atoms with van der Waals surface area (Å²) in [5.74, 6) is 1.39. The molecule has 2 aliphatic rings. The maximum Gasteiger partial charge on any atom is 0.257 e. The minimum Gasteiger partial charge on any atom is -0.493 e. The van der Waals surface area contributed by atoms with E-state index in [9.17, 15) is 9.18 Å². The summed E-state index contributed by atoms with van der Waals surface area (Å²) in [6, 6.07) is 13.9. The Morgan fingerprint density at radius 2 is 2.13 bits per heavy atom. The van der Waals surface area contributed by atoms with Crippen molar-refractivity contribution in [3.63, 3.8) is 0 Å². The summed E-state index contributed by atoms with van der Waals surface area (Å²) in [4.78, 5) is 17.5. The van der Waals surface area contributed by atoms with Crippen LogP contribution in [0.2, 0.25) is 0 Å². The summed E-state index contributed by atoms with van der Waals surface area (Å²) in [6.07, 6.45) is 0. The van der Waals surface area contributed by atoms with Gasteiger partial charge in [0.2, 0.25) is 0 Å². The molecule has 158 valence electrons. The van der Waals surface area contributed by atoms with E-state index in [2.05, 4.69) is 24.5 Å². The second-order valence-electron chi connectivity index (χ2n) is 8.15. The molecule has 0 saturated carbocycles. The molecule has 2 atom stereocenters. The quantitative estimate of drug-likeness (QED) is 0.762. The van der Waals surface area contributed by atoms with E-state index < -0.39 is 5.54 Å². The number of amides is 1. The highest BCUT2D eigenvalue weighted by Gasteiger charge is 2.48. The van der Waals surface area contributed by atoms with Gasteiger partial charge in [0.05, 0.1) is 6.61 Å². The smallest absolute Gasteiger partial charge is 0.257 e. The first-order chi connectivity index (χ1) is 14.5. The third kappa shape index (κ3) is 4.23. The lowest BCUT2D eigenvalue weighted by molar-refractivity contribution is 0.0977. The number of ether oxygens (including phenoxy) is 1. The van der Waals surface area contributed by atoms with Crippen molar-refractivity contribution in [1.82, 2.24) is 10.6 Å². The summed E-state index contributed by atoms with van der Waals surface area (Å²) < 4.78 is 20.8. The Kier molecular flexibility index (Phi) is 6.11. The molecule has 1 amide bonds. The summed E-state index contributed by atoms with van der Waals surface area (Å²) >= 11 is 1.50. The van der Waals surface area contributed by atoms with Crippen LogP contribution in [0.15, 0.2) is 53.5 Å². The van der Waals surface area contributed by atoms with Crippen LogP contribution in [0.4, 0.5) is 4.39 Å². The number of rotatable bonds is 5. The molecule has 1 fully saturated rings. The van der Waals surface area contributed by atoms with Gasteiger partial charge in [-0.3, -0.25) is 4.79 Å². The summed E-state index contributed by atoms with van der Waals surface area (Å²) in [5.41, 5.74) is 0.327. The van der Waals surface area contributed by atoms with E-state index in [-0.39, 0.29) is 17.6 Å². The Morgan fingerprint density at radius 3 is 2.90 bits per heavy atom. The second-order valence-corrected chi connectivity index (χ2v) is 9.16. The molecule has 0 aliphatic carbocycles. The first-order valence-corrected chi connectivity index (χ1v) is 11.2. The zero-order chi connectivity index (χ0) is 21.1. The number of nitrogens with one attached hydrogen (secondary N) is 2. The largest absolute Gasteiger partial charge is 0.493 e. The number of hydrogen-bond acceptors (Lipinski definition) is 5. The van der Waals surface area contributed by atoms with Crippen molar-refractivity contribution in [3.05, 3.63) is 65.5 Å². The molecule has 0 bridgehead atoms. The SMILES string of the molecule is CC(C)COc1ccc(F)c([C@]23CNC[C@H]2CSC(NC(=O)c2ccccc2)=N3)c1. The lowest BCUT2D eigenvalue weighted by Gasteiger charge is -2.36. The van der Waals surface area contributed by atoms with E-state index in [1.165, 1.54) is 17.8 Å². The Bertz CT molecular complexity index is 951. The van der Waals surface area contributed by atoms with E-state index >= 15 is 0 Å². The van der Waals surface area contributed by atoms with Crippen LogP contribution in [0.3, 0.4) is 0 Å². The highest BCUT2D eigenvalue weighted by atomic mass is 32.2. The molecular weight excluding hydrogens is 401 g/mol. The number of aliphatic imine (C=N–C) groups is 1. The van der Waals surface area contributed by atoms with Gasteiger partial charge in [-0.2, -0.15) is 0 Å². The van der Waals surface area contributed by atoms with Crippen molar-refractivity contribution in [2.24, 2.45) is 16.8 Å². The molecule has 0 unspecified atom stereocenters. The number of halogens is 1. The zero-order valence-electron chi connectivity index (χ0n) is 17.2. The molecule has 4 rings (SSSR count). The Hall–Kier alpha value is -2.38. The molecular formula is C23H26FN3O2S. The highest BCUT2D eigenvalue weighted by Crippen LogP contribution is 2.44.